The Kier molecular flexibility index (Phi) is 2.81. The highest BCUT2D eigenvalue weighted by Crippen LogP contribution is 2.24. The molecule has 0 aromatic carbocycles. The van der Waals surface area contributed by atoms with Crippen LogP contribution < -0.4 is 0 Å². The van der Waals surface area contributed by atoms with E-state index in [2.05, 4.69) is 4.74 Å². The third-order valence-electron chi connectivity index (χ3n) is 1.98. The van der Waals surface area contributed by atoms with E-state index in [1.54, 1.807) is 6.08 Å². The van der Waals surface area contributed by atoms with Crippen LogP contribution in [-0.4, -0.2) is 30.5 Å². The molecule has 0 fully saturated rings. The molecule has 68 valence electrons. The van der Waals surface area contributed by atoms with Crippen molar-refractivity contribution in [3.63, 3.8) is 0 Å². The van der Waals surface area contributed by atoms with Crippen molar-refractivity contribution in [1.29, 1.82) is 0 Å². The lowest BCUT2D eigenvalue weighted by Gasteiger charge is -2.16. The molecule has 3 atom stereocenters. The number of hydrogen-bond donors (Lipinski definition) is 1. The number of hydrogen-bond acceptors (Lipinski definition) is 3. The van der Waals surface area contributed by atoms with Crippen molar-refractivity contribution in [2.24, 2.45) is 5.92 Å². The monoisotopic (exact) mass is 174 g/mol. The third-order valence-corrected chi connectivity index (χ3v) is 1.98. The molecule has 0 bridgehead atoms. The lowest BCUT2D eigenvalue weighted by atomic mass is 9.99. The number of carbonyl (C=O) groups excluding carboxylic acids is 1. The molecule has 0 saturated heterocycles. The number of alkyl halides is 1. The van der Waals surface area contributed by atoms with E-state index in [0.29, 0.717) is 6.42 Å². The third kappa shape index (κ3) is 1.64. The predicted molar refractivity (Wildman–Crippen MR) is 40.2 cm³/mol. The van der Waals surface area contributed by atoms with Crippen LogP contribution in [0.1, 0.15) is 6.42 Å². The molecule has 0 amide bonds. The van der Waals surface area contributed by atoms with Crippen LogP contribution in [0.25, 0.3) is 0 Å². The zero-order valence-electron chi connectivity index (χ0n) is 6.74. The number of aliphatic hydroxyl groups excluding tert-OH is 1. The van der Waals surface area contributed by atoms with Crippen molar-refractivity contribution in [3.8, 4) is 0 Å². The Hall–Kier alpha value is -0.900. The molecule has 3 nitrogen and oxygen atoms in total. The lowest BCUT2D eigenvalue weighted by Crippen LogP contribution is -2.31. The van der Waals surface area contributed by atoms with Gasteiger partial charge < -0.3 is 9.84 Å². The molecule has 0 aliphatic heterocycles. The number of esters is 1. The Morgan fingerprint density at radius 2 is 2.50 bits per heavy atom. The average molecular weight is 174 g/mol. The van der Waals surface area contributed by atoms with Gasteiger partial charge in [-0.15, -0.1) is 0 Å². The Bertz CT molecular complexity index is 202. The van der Waals surface area contributed by atoms with Gasteiger partial charge in [-0.25, -0.2) is 9.18 Å². The molecule has 1 rings (SSSR count). The summed E-state index contributed by atoms with van der Waals surface area (Å²) in [5.41, 5.74) is 0. The molecule has 0 aromatic heterocycles. The van der Waals surface area contributed by atoms with Crippen LogP contribution in [0.2, 0.25) is 0 Å². The van der Waals surface area contributed by atoms with Gasteiger partial charge in [0.25, 0.3) is 0 Å². The fourth-order valence-corrected chi connectivity index (χ4v) is 1.24. The fraction of sp³-hybridized carbons (Fsp3) is 0.625. The largest absolute Gasteiger partial charge is 0.467 e. The fourth-order valence-electron chi connectivity index (χ4n) is 1.24. The molecule has 1 aliphatic rings. The van der Waals surface area contributed by atoms with Crippen molar-refractivity contribution in [1.82, 2.24) is 0 Å². The van der Waals surface area contributed by atoms with Gasteiger partial charge in [0.15, 0.2) is 0 Å². The highest BCUT2D eigenvalue weighted by atomic mass is 19.1. The highest BCUT2D eigenvalue weighted by molar-refractivity contribution is 5.75. The SMILES string of the molecule is COC(=O)C(F)[C@@H]1CC=C[C@H]1O. The van der Waals surface area contributed by atoms with E-state index in [4.69, 9.17) is 5.11 Å². The summed E-state index contributed by atoms with van der Waals surface area (Å²) in [6, 6.07) is 0. The van der Waals surface area contributed by atoms with E-state index in [1.807, 2.05) is 0 Å². The summed E-state index contributed by atoms with van der Waals surface area (Å²) in [5.74, 6) is -1.58. The summed E-state index contributed by atoms with van der Waals surface area (Å²) in [6.07, 6.45) is 0.946. The van der Waals surface area contributed by atoms with Crippen LogP contribution in [0.3, 0.4) is 0 Å². The summed E-state index contributed by atoms with van der Waals surface area (Å²) in [4.78, 5) is 10.7. The summed E-state index contributed by atoms with van der Waals surface area (Å²) in [6.45, 7) is 0. The van der Waals surface area contributed by atoms with E-state index in [-0.39, 0.29) is 0 Å². The number of aliphatic hydroxyl groups is 1. The van der Waals surface area contributed by atoms with Crippen molar-refractivity contribution in [2.45, 2.75) is 18.7 Å². The first-order chi connectivity index (χ1) is 5.66. The zero-order chi connectivity index (χ0) is 9.14. The number of allylic oxidation sites excluding steroid dienone is 1. The maximum Gasteiger partial charge on any atom is 0.340 e. The minimum atomic E-state index is -1.72. The van der Waals surface area contributed by atoms with Crippen LogP contribution in [-0.2, 0) is 9.53 Å². The van der Waals surface area contributed by atoms with Crippen LogP contribution in [0, 0.1) is 5.92 Å². The molecule has 1 unspecified atom stereocenters. The first-order valence-electron chi connectivity index (χ1n) is 3.73. The Morgan fingerprint density at radius 3 is 2.92 bits per heavy atom. The van der Waals surface area contributed by atoms with Gasteiger partial charge in [0.1, 0.15) is 0 Å². The molecule has 4 heteroatoms. The standard InChI is InChI=1S/C8H11FO3/c1-12-8(11)7(9)5-3-2-4-6(5)10/h2,4-7,10H,3H2,1H3/t5-,6-,7?/m1/s1. The second-order valence-electron chi connectivity index (χ2n) is 2.74. The van der Waals surface area contributed by atoms with Crippen molar-refractivity contribution in [2.75, 3.05) is 7.11 Å². The molecule has 12 heavy (non-hydrogen) atoms. The van der Waals surface area contributed by atoms with Crippen molar-refractivity contribution < 1.29 is 19.0 Å². The zero-order valence-corrected chi connectivity index (χ0v) is 6.74. The van der Waals surface area contributed by atoms with E-state index < -0.39 is 24.2 Å². The molecule has 0 spiro atoms. The number of carbonyl (C=O) groups is 1. The van der Waals surface area contributed by atoms with E-state index in [0.717, 1.165) is 7.11 Å². The van der Waals surface area contributed by atoms with Crippen LogP contribution >= 0.6 is 0 Å². The Morgan fingerprint density at radius 1 is 1.83 bits per heavy atom. The van der Waals surface area contributed by atoms with Gasteiger partial charge in [0, 0.05) is 5.92 Å². The second kappa shape index (κ2) is 3.67. The normalized spacial score (nSPS) is 30.2. The first-order valence-corrected chi connectivity index (χ1v) is 3.73. The number of methoxy groups -OCH3 is 1. The molecular weight excluding hydrogens is 163 g/mol. The number of halogens is 1. The maximum absolute atomic E-state index is 13.1. The summed E-state index contributed by atoms with van der Waals surface area (Å²) in [5, 5.41) is 9.17. The number of ether oxygens (including phenoxy) is 1. The number of rotatable bonds is 2. The van der Waals surface area contributed by atoms with Crippen LogP contribution in [0.5, 0.6) is 0 Å². The van der Waals surface area contributed by atoms with Crippen LogP contribution in [0.15, 0.2) is 12.2 Å². The molecule has 0 aromatic rings. The molecule has 1 aliphatic carbocycles. The molecule has 0 radical (unpaired) electrons. The van der Waals surface area contributed by atoms with E-state index in [1.165, 1.54) is 6.08 Å². The smallest absolute Gasteiger partial charge is 0.340 e. The van der Waals surface area contributed by atoms with Gasteiger partial charge >= 0.3 is 5.97 Å². The average Bonchev–Trinajstić information content (AvgIpc) is 2.48. The quantitative estimate of drug-likeness (QED) is 0.488. The minimum absolute atomic E-state index is 0.386. The van der Waals surface area contributed by atoms with Gasteiger partial charge in [-0.2, -0.15) is 0 Å². The second-order valence-corrected chi connectivity index (χ2v) is 2.74. The lowest BCUT2D eigenvalue weighted by molar-refractivity contribution is -0.149. The van der Waals surface area contributed by atoms with Gasteiger partial charge in [-0.05, 0) is 6.42 Å². The molecule has 1 N–H and O–H groups in total. The van der Waals surface area contributed by atoms with Crippen molar-refractivity contribution >= 4 is 5.97 Å². The maximum atomic E-state index is 13.1. The van der Waals surface area contributed by atoms with Gasteiger partial charge in [-0.3, -0.25) is 0 Å². The van der Waals surface area contributed by atoms with Gasteiger partial charge in [0.2, 0.25) is 6.17 Å². The molecule has 0 heterocycles. The highest BCUT2D eigenvalue weighted by Gasteiger charge is 2.34. The Balaban J connectivity index is 2.53. The molecular formula is C8H11FO3. The van der Waals surface area contributed by atoms with Crippen molar-refractivity contribution in [3.05, 3.63) is 12.2 Å². The van der Waals surface area contributed by atoms with Gasteiger partial charge in [0.05, 0.1) is 13.2 Å². The predicted octanol–water partition coefficient (Wildman–Crippen LogP) is 0.434. The topological polar surface area (TPSA) is 46.5 Å². The summed E-state index contributed by atoms with van der Waals surface area (Å²) in [7, 11) is 1.13. The van der Waals surface area contributed by atoms with E-state index in [9.17, 15) is 9.18 Å². The summed E-state index contributed by atoms with van der Waals surface area (Å²) >= 11 is 0. The van der Waals surface area contributed by atoms with E-state index >= 15 is 0 Å². The van der Waals surface area contributed by atoms with Crippen LogP contribution in [0.4, 0.5) is 4.39 Å². The van der Waals surface area contributed by atoms with Gasteiger partial charge in [-0.1, -0.05) is 12.2 Å². The minimum Gasteiger partial charge on any atom is -0.467 e. The summed E-state index contributed by atoms with van der Waals surface area (Å²) < 4.78 is 17.3. The Labute approximate surface area is 69.8 Å². The molecule has 0 saturated carbocycles. The first kappa shape index (κ1) is 9.19.